The fourth-order valence-corrected chi connectivity index (χ4v) is 2.13. The number of benzene rings is 1. The monoisotopic (exact) mass is 232 g/mol. The molecule has 17 heavy (non-hydrogen) atoms. The summed E-state index contributed by atoms with van der Waals surface area (Å²) in [7, 11) is 0. The summed E-state index contributed by atoms with van der Waals surface area (Å²) in [4.78, 5) is 11.8. The third-order valence-electron chi connectivity index (χ3n) is 3.90. The molecule has 1 aromatic rings. The zero-order valence-corrected chi connectivity index (χ0v) is 10.9. The average Bonchev–Trinajstić information content (AvgIpc) is 2.50. The van der Waals surface area contributed by atoms with Crippen molar-refractivity contribution in [1.29, 1.82) is 0 Å². The molecule has 0 aliphatic carbocycles. The number of carbonyl (C=O) groups excluding carboxylic acids is 1. The van der Waals surface area contributed by atoms with Crippen molar-refractivity contribution in [2.45, 2.75) is 45.1 Å². The Morgan fingerprint density at radius 1 is 1.41 bits per heavy atom. The highest BCUT2D eigenvalue weighted by Gasteiger charge is 2.39. The predicted octanol–water partition coefficient (Wildman–Crippen LogP) is 2.50. The Morgan fingerprint density at radius 2 is 2.06 bits per heavy atom. The molecule has 0 saturated heterocycles. The second kappa shape index (κ2) is 3.57. The molecule has 2 rings (SSSR count). The van der Waals surface area contributed by atoms with Crippen molar-refractivity contribution in [1.82, 2.24) is 0 Å². The molecule has 3 heteroatoms. The number of rotatable bonds is 2. The molecule has 1 atom stereocenters. The molecule has 0 radical (unpaired) electrons. The highest BCUT2D eigenvalue weighted by molar-refractivity contribution is 6.05. The fourth-order valence-electron chi connectivity index (χ4n) is 2.13. The lowest BCUT2D eigenvalue weighted by Gasteiger charge is -2.25. The fraction of sp³-hybridized carbons (Fsp3) is 0.500. The van der Waals surface area contributed by atoms with Gasteiger partial charge in [0.15, 0.2) is 0 Å². The highest BCUT2D eigenvalue weighted by Crippen LogP contribution is 2.39. The van der Waals surface area contributed by atoms with E-state index in [9.17, 15) is 4.79 Å². The van der Waals surface area contributed by atoms with Crippen molar-refractivity contribution in [2.75, 3.05) is 5.32 Å². The number of amides is 1. The molecule has 0 aromatic heterocycles. The van der Waals surface area contributed by atoms with Crippen molar-refractivity contribution in [2.24, 2.45) is 5.73 Å². The van der Waals surface area contributed by atoms with Crippen LogP contribution in [0.3, 0.4) is 0 Å². The number of hydrogen-bond acceptors (Lipinski definition) is 2. The SMILES string of the molecule is CCC(C)(N)c1ccc2c(c1)C(C)(C)C(=O)N2. The third-order valence-corrected chi connectivity index (χ3v) is 3.90. The first kappa shape index (κ1) is 12.1. The van der Waals surface area contributed by atoms with Crippen LogP contribution in [-0.2, 0) is 15.7 Å². The van der Waals surface area contributed by atoms with E-state index in [0.717, 1.165) is 23.2 Å². The molecule has 1 heterocycles. The van der Waals surface area contributed by atoms with Gasteiger partial charge in [-0.25, -0.2) is 0 Å². The Labute approximate surface area is 102 Å². The van der Waals surface area contributed by atoms with Gasteiger partial charge in [-0.3, -0.25) is 4.79 Å². The lowest BCUT2D eigenvalue weighted by molar-refractivity contribution is -0.119. The zero-order valence-electron chi connectivity index (χ0n) is 10.9. The normalized spacial score (nSPS) is 20.6. The van der Waals surface area contributed by atoms with Crippen LogP contribution in [0.5, 0.6) is 0 Å². The van der Waals surface area contributed by atoms with E-state index >= 15 is 0 Å². The number of carbonyl (C=O) groups is 1. The molecule has 0 spiro atoms. The van der Waals surface area contributed by atoms with Crippen molar-refractivity contribution < 1.29 is 4.79 Å². The van der Waals surface area contributed by atoms with E-state index in [-0.39, 0.29) is 11.4 Å². The van der Waals surface area contributed by atoms with Gasteiger partial charge in [-0.1, -0.05) is 19.1 Å². The van der Waals surface area contributed by atoms with Crippen LogP contribution in [0.15, 0.2) is 18.2 Å². The van der Waals surface area contributed by atoms with E-state index in [1.807, 2.05) is 32.9 Å². The van der Waals surface area contributed by atoms with Crippen molar-refractivity contribution in [3.63, 3.8) is 0 Å². The maximum atomic E-state index is 11.8. The standard InChI is InChI=1S/C14H20N2O/c1-5-14(4,15)9-6-7-11-10(8-9)13(2,3)12(17)16-11/h6-8H,5,15H2,1-4H3,(H,16,17). The summed E-state index contributed by atoms with van der Waals surface area (Å²) in [5, 5.41) is 2.90. The molecule has 1 aliphatic heterocycles. The predicted molar refractivity (Wildman–Crippen MR) is 69.9 cm³/mol. The van der Waals surface area contributed by atoms with Crippen molar-refractivity contribution in [3.05, 3.63) is 29.3 Å². The first-order valence-corrected chi connectivity index (χ1v) is 6.04. The lowest BCUT2D eigenvalue weighted by Crippen LogP contribution is -2.32. The van der Waals surface area contributed by atoms with Gasteiger partial charge in [0.1, 0.15) is 0 Å². The van der Waals surface area contributed by atoms with Crippen LogP contribution in [0.4, 0.5) is 5.69 Å². The summed E-state index contributed by atoms with van der Waals surface area (Å²) in [6.07, 6.45) is 0.869. The van der Waals surface area contributed by atoms with Crippen LogP contribution < -0.4 is 11.1 Å². The molecule has 3 N–H and O–H groups in total. The Bertz CT molecular complexity index is 475. The summed E-state index contributed by atoms with van der Waals surface area (Å²) < 4.78 is 0. The average molecular weight is 232 g/mol. The quantitative estimate of drug-likeness (QED) is 0.823. The summed E-state index contributed by atoms with van der Waals surface area (Å²) in [6.45, 7) is 7.98. The number of nitrogens with one attached hydrogen (secondary N) is 1. The number of fused-ring (bicyclic) bond motifs is 1. The minimum absolute atomic E-state index is 0.0554. The van der Waals surface area contributed by atoms with Crippen LogP contribution in [0, 0.1) is 0 Å². The maximum Gasteiger partial charge on any atom is 0.234 e. The largest absolute Gasteiger partial charge is 0.325 e. The van der Waals surface area contributed by atoms with Crippen molar-refractivity contribution in [3.8, 4) is 0 Å². The number of hydrogen-bond donors (Lipinski definition) is 2. The Hall–Kier alpha value is -1.35. The second-order valence-electron chi connectivity index (χ2n) is 5.61. The number of nitrogens with two attached hydrogens (primary N) is 1. The topological polar surface area (TPSA) is 55.1 Å². The molecule has 92 valence electrons. The van der Waals surface area contributed by atoms with Gasteiger partial charge in [-0.15, -0.1) is 0 Å². The van der Waals surface area contributed by atoms with Crippen LogP contribution in [0.1, 0.15) is 45.2 Å². The van der Waals surface area contributed by atoms with Gasteiger partial charge in [0.05, 0.1) is 5.41 Å². The minimum Gasteiger partial charge on any atom is -0.325 e. The van der Waals surface area contributed by atoms with E-state index in [4.69, 9.17) is 5.73 Å². The van der Waals surface area contributed by atoms with E-state index in [2.05, 4.69) is 18.3 Å². The molecule has 1 amide bonds. The van der Waals surface area contributed by atoms with Gasteiger partial charge >= 0.3 is 0 Å². The molecule has 0 bridgehead atoms. The number of anilines is 1. The highest BCUT2D eigenvalue weighted by atomic mass is 16.2. The Balaban J connectivity index is 2.53. The second-order valence-corrected chi connectivity index (χ2v) is 5.61. The molecule has 0 fully saturated rings. The van der Waals surface area contributed by atoms with E-state index in [0.29, 0.717) is 0 Å². The molecule has 1 aromatic carbocycles. The molecular weight excluding hydrogens is 212 g/mol. The van der Waals surface area contributed by atoms with Gasteiger partial charge in [0, 0.05) is 11.2 Å². The van der Waals surface area contributed by atoms with Crippen LogP contribution >= 0.6 is 0 Å². The summed E-state index contributed by atoms with van der Waals surface area (Å²) in [5.74, 6) is 0.0554. The van der Waals surface area contributed by atoms with Crippen LogP contribution in [0.2, 0.25) is 0 Å². The van der Waals surface area contributed by atoms with Gasteiger partial charge in [0.25, 0.3) is 0 Å². The molecule has 3 nitrogen and oxygen atoms in total. The third kappa shape index (κ3) is 1.75. The first-order chi connectivity index (χ1) is 7.79. The Kier molecular flexibility index (Phi) is 2.54. The van der Waals surface area contributed by atoms with Gasteiger partial charge < -0.3 is 11.1 Å². The van der Waals surface area contributed by atoms with Gasteiger partial charge in [-0.05, 0) is 44.4 Å². The van der Waals surface area contributed by atoms with E-state index < -0.39 is 5.41 Å². The molecule has 0 saturated carbocycles. The van der Waals surface area contributed by atoms with Crippen molar-refractivity contribution >= 4 is 11.6 Å². The summed E-state index contributed by atoms with van der Waals surface area (Å²) in [6, 6.07) is 6.03. The molecule has 1 aliphatic rings. The molecule has 1 unspecified atom stereocenters. The minimum atomic E-state index is -0.463. The smallest absolute Gasteiger partial charge is 0.234 e. The van der Waals surface area contributed by atoms with Crippen LogP contribution in [-0.4, -0.2) is 5.91 Å². The lowest BCUT2D eigenvalue weighted by atomic mass is 9.82. The van der Waals surface area contributed by atoms with Crippen LogP contribution in [0.25, 0.3) is 0 Å². The maximum absolute atomic E-state index is 11.8. The summed E-state index contributed by atoms with van der Waals surface area (Å²) >= 11 is 0. The Morgan fingerprint density at radius 3 is 2.65 bits per heavy atom. The molecular formula is C14H20N2O. The van der Waals surface area contributed by atoms with Gasteiger partial charge in [-0.2, -0.15) is 0 Å². The van der Waals surface area contributed by atoms with E-state index in [1.54, 1.807) is 0 Å². The van der Waals surface area contributed by atoms with Gasteiger partial charge in [0.2, 0.25) is 5.91 Å². The summed E-state index contributed by atoms with van der Waals surface area (Å²) in [5.41, 5.74) is 8.50. The zero-order chi connectivity index (χ0) is 12.8. The first-order valence-electron chi connectivity index (χ1n) is 6.04. The van der Waals surface area contributed by atoms with E-state index in [1.165, 1.54) is 0 Å².